The van der Waals surface area contributed by atoms with Crippen LogP contribution in [0.5, 0.6) is 0 Å². The quantitative estimate of drug-likeness (QED) is 0.595. The van der Waals surface area contributed by atoms with E-state index in [9.17, 15) is 4.79 Å². The third kappa shape index (κ3) is 6.35. The first-order chi connectivity index (χ1) is 10.1. The second-order valence-electron chi connectivity index (χ2n) is 6.32. The molecule has 0 aromatic rings. The van der Waals surface area contributed by atoms with Crippen molar-refractivity contribution >= 4 is 5.91 Å². The van der Waals surface area contributed by atoms with Gasteiger partial charge in [-0.2, -0.15) is 0 Å². The van der Waals surface area contributed by atoms with Gasteiger partial charge in [0.15, 0.2) is 0 Å². The maximum atomic E-state index is 12.5. The number of amides is 1. The molecule has 1 fully saturated rings. The van der Waals surface area contributed by atoms with Gasteiger partial charge in [-0.05, 0) is 39.5 Å². The second kappa shape index (κ2) is 10.2. The fraction of sp³-hybridized carbons (Fsp3) is 0.941. The molecular weight excluding hydrogens is 264 g/mol. The summed E-state index contributed by atoms with van der Waals surface area (Å²) in [6, 6.07) is 0.0495. The smallest absolute Gasteiger partial charge is 0.241 e. The molecule has 1 amide bonds. The summed E-state index contributed by atoms with van der Waals surface area (Å²) in [7, 11) is 0. The van der Waals surface area contributed by atoms with E-state index >= 15 is 0 Å². The predicted molar refractivity (Wildman–Crippen MR) is 87.2 cm³/mol. The first-order valence-corrected chi connectivity index (χ1v) is 8.78. The average Bonchev–Trinajstić information content (AvgIpc) is 2.73. The van der Waals surface area contributed by atoms with Gasteiger partial charge in [-0.25, -0.2) is 0 Å². The molecule has 0 aromatic heterocycles. The molecule has 1 heterocycles. The normalized spacial score (nSPS) is 22.5. The summed E-state index contributed by atoms with van der Waals surface area (Å²) in [5.41, 5.74) is 0. The van der Waals surface area contributed by atoms with Gasteiger partial charge >= 0.3 is 0 Å². The molecular formula is C17H34N2O2. The summed E-state index contributed by atoms with van der Waals surface area (Å²) >= 11 is 0. The van der Waals surface area contributed by atoms with E-state index in [1.54, 1.807) is 0 Å². The largest absolute Gasteiger partial charge is 0.379 e. The lowest BCUT2D eigenvalue weighted by Gasteiger charge is -2.23. The molecule has 0 spiro atoms. The van der Waals surface area contributed by atoms with Crippen molar-refractivity contribution in [3.05, 3.63) is 0 Å². The van der Waals surface area contributed by atoms with Crippen molar-refractivity contribution in [2.75, 3.05) is 13.2 Å². The lowest BCUT2D eigenvalue weighted by molar-refractivity contribution is -0.130. The van der Waals surface area contributed by atoms with Crippen LogP contribution in [0.25, 0.3) is 0 Å². The summed E-state index contributed by atoms with van der Waals surface area (Å²) < 4.78 is 5.56. The molecule has 0 radical (unpaired) electrons. The fourth-order valence-electron chi connectivity index (χ4n) is 2.84. The molecule has 1 aliphatic heterocycles. The van der Waals surface area contributed by atoms with Crippen LogP contribution >= 0.6 is 0 Å². The molecule has 4 heteroatoms. The SMILES string of the molecule is CCCCC1NC(CCC)N(CCCCOC(C)C)C1=O. The van der Waals surface area contributed by atoms with Crippen molar-refractivity contribution in [1.82, 2.24) is 10.2 Å². The molecule has 4 nitrogen and oxygen atoms in total. The van der Waals surface area contributed by atoms with Gasteiger partial charge in [-0.3, -0.25) is 10.1 Å². The molecule has 21 heavy (non-hydrogen) atoms. The Morgan fingerprint density at radius 1 is 1.14 bits per heavy atom. The number of ether oxygens (including phenoxy) is 1. The van der Waals surface area contributed by atoms with Crippen molar-refractivity contribution in [1.29, 1.82) is 0 Å². The third-order valence-corrected chi connectivity index (χ3v) is 4.00. The van der Waals surface area contributed by atoms with Crippen molar-refractivity contribution in [2.24, 2.45) is 0 Å². The summed E-state index contributed by atoms with van der Waals surface area (Å²) in [4.78, 5) is 14.6. The average molecular weight is 298 g/mol. The first kappa shape index (κ1) is 18.4. The van der Waals surface area contributed by atoms with E-state index < -0.39 is 0 Å². The number of hydrogen-bond acceptors (Lipinski definition) is 3. The Hall–Kier alpha value is -0.610. The van der Waals surface area contributed by atoms with E-state index in [0.717, 1.165) is 58.1 Å². The molecule has 0 aromatic carbocycles. The molecule has 2 atom stereocenters. The predicted octanol–water partition coefficient (Wildman–Crippen LogP) is 3.31. The minimum atomic E-state index is 0.0495. The number of unbranched alkanes of at least 4 members (excludes halogenated alkanes) is 2. The number of nitrogens with one attached hydrogen (secondary N) is 1. The molecule has 124 valence electrons. The van der Waals surface area contributed by atoms with Gasteiger partial charge in [0.2, 0.25) is 5.91 Å². The Bertz CT molecular complexity index is 295. The minimum absolute atomic E-state index is 0.0495. The summed E-state index contributed by atoms with van der Waals surface area (Å²) in [5.74, 6) is 0.312. The topological polar surface area (TPSA) is 41.6 Å². The number of hydrogen-bond donors (Lipinski definition) is 1. The highest BCUT2D eigenvalue weighted by atomic mass is 16.5. The number of carbonyl (C=O) groups is 1. The zero-order valence-corrected chi connectivity index (χ0v) is 14.4. The highest BCUT2D eigenvalue weighted by molar-refractivity contribution is 5.84. The van der Waals surface area contributed by atoms with Crippen molar-refractivity contribution < 1.29 is 9.53 Å². The maximum absolute atomic E-state index is 12.5. The first-order valence-electron chi connectivity index (χ1n) is 8.78. The second-order valence-corrected chi connectivity index (χ2v) is 6.32. The lowest BCUT2D eigenvalue weighted by atomic mass is 10.1. The van der Waals surface area contributed by atoms with Gasteiger partial charge in [0.05, 0.1) is 18.3 Å². The Morgan fingerprint density at radius 3 is 2.52 bits per heavy atom. The van der Waals surface area contributed by atoms with Crippen molar-refractivity contribution in [3.8, 4) is 0 Å². The van der Waals surface area contributed by atoms with E-state index in [0.29, 0.717) is 12.0 Å². The Labute approximate surface area is 130 Å². The van der Waals surface area contributed by atoms with Gasteiger partial charge in [0, 0.05) is 13.2 Å². The van der Waals surface area contributed by atoms with Crippen molar-refractivity contribution in [2.45, 2.75) is 91.0 Å². The molecule has 1 N–H and O–H groups in total. The third-order valence-electron chi connectivity index (χ3n) is 4.00. The summed E-state index contributed by atoms with van der Waals surface area (Å²) in [5, 5.41) is 3.53. The van der Waals surface area contributed by atoms with E-state index in [1.165, 1.54) is 0 Å². The van der Waals surface area contributed by atoms with E-state index in [2.05, 4.69) is 37.9 Å². The fourth-order valence-corrected chi connectivity index (χ4v) is 2.84. The van der Waals surface area contributed by atoms with Crippen molar-refractivity contribution in [3.63, 3.8) is 0 Å². The Morgan fingerprint density at radius 2 is 1.90 bits per heavy atom. The van der Waals surface area contributed by atoms with Crippen LogP contribution < -0.4 is 5.32 Å². The van der Waals surface area contributed by atoms with E-state index in [-0.39, 0.29) is 12.2 Å². The molecule has 1 aliphatic rings. The molecule has 1 saturated heterocycles. The van der Waals surface area contributed by atoms with Crippen LogP contribution in [0.4, 0.5) is 0 Å². The molecule has 0 aliphatic carbocycles. The van der Waals surface area contributed by atoms with Gasteiger partial charge in [-0.1, -0.05) is 33.1 Å². The molecule has 2 unspecified atom stereocenters. The van der Waals surface area contributed by atoms with Crippen LogP contribution in [0.1, 0.15) is 72.6 Å². The Balaban J connectivity index is 2.38. The van der Waals surface area contributed by atoms with Gasteiger partial charge in [0.1, 0.15) is 0 Å². The minimum Gasteiger partial charge on any atom is -0.379 e. The zero-order chi connectivity index (χ0) is 15.7. The van der Waals surface area contributed by atoms with E-state index in [1.807, 2.05) is 0 Å². The Kier molecular flexibility index (Phi) is 8.93. The number of nitrogens with zero attached hydrogens (tertiary/aromatic N) is 1. The van der Waals surface area contributed by atoms with Crippen LogP contribution in [0.15, 0.2) is 0 Å². The van der Waals surface area contributed by atoms with Gasteiger partial charge in [0.25, 0.3) is 0 Å². The van der Waals surface area contributed by atoms with Crippen LogP contribution in [-0.2, 0) is 9.53 Å². The van der Waals surface area contributed by atoms with Crippen LogP contribution in [-0.4, -0.2) is 42.3 Å². The van der Waals surface area contributed by atoms with Crippen LogP contribution in [0.3, 0.4) is 0 Å². The standard InChI is InChI=1S/C17H34N2O2/c1-5-7-11-15-17(20)19(16(18-15)10-6-2)12-8-9-13-21-14(3)4/h14-16,18H,5-13H2,1-4H3. The van der Waals surface area contributed by atoms with Crippen LogP contribution in [0, 0.1) is 0 Å². The highest BCUT2D eigenvalue weighted by Crippen LogP contribution is 2.19. The number of rotatable bonds is 11. The van der Waals surface area contributed by atoms with E-state index in [4.69, 9.17) is 4.74 Å². The van der Waals surface area contributed by atoms with Gasteiger partial charge in [-0.15, -0.1) is 0 Å². The maximum Gasteiger partial charge on any atom is 0.241 e. The lowest BCUT2D eigenvalue weighted by Crippen LogP contribution is -2.38. The summed E-state index contributed by atoms with van der Waals surface area (Å²) in [6.45, 7) is 10.1. The number of carbonyl (C=O) groups excluding carboxylic acids is 1. The summed E-state index contributed by atoms with van der Waals surface area (Å²) in [6.07, 6.45) is 8.01. The van der Waals surface area contributed by atoms with Gasteiger partial charge < -0.3 is 9.64 Å². The van der Waals surface area contributed by atoms with Crippen LogP contribution in [0.2, 0.25) is 0 Å². The molecule has 1 rings (SSSR count). The molecule has 0 bridgehead atoms. The molecule has 0 saturated carbocycles. The monoisotopic (exact) mass is 298 g/mol. The zero-order valence-electron chi connectivity index (χ0n) is 14.4. The highest BCUT2D eigenvalue weighted by Gasteiger charge is 2.36.